The van der Waals surface area contributed by atoms with Crippen LogP contribution < -0.4 is 14.8 Å². The van der Waals surface area contributed by atoms with Crippen LogP contribution in [0.15, 0.2) is 30.3 Å². The maximum Gasteiger partial charge on any atom is 0.255 e. The van der Waals surface area contributed by atoms with Crippen molar-refractivity contribution in [2.75, 3.05) is 11.9 Å². The van der Waals surface area contributed by atoms with Crippen LogP contribution in [0.3, 0.4) is 0 Å². The van der Waals surface area contributed by atoms with Crippen LogP contribution in [0.25, 0.3) is 11.0 Å². The Hall–Kier alpha value is -3.15. The van der Waals surface area contributed by atoms with Gasteiger partial charge in [-0.3, -0.25) is 4.79 Å². The Morgan fingerprint density at radius 1 is 1.18 bits per heavy atom. The molecule has 2 aromatic carbocycles. The number of amides is 1. The van der Waals surface area contributed by atoms with Gasteiger partial charge in [-0.15, -0.1) is 0 Å². The van der Waals surface area contributed by atoms with E-state index >= 15 is 0 Å². The standard InChI is InChI=1S/C22H23N3O3/c1-5-27-21-10-16-8-12(2)28-20(16)11-19(21)25-22(26)15-6-7-17-18(9-15)24-14(4)13(3)23-17/h6-7,9-12H,5,8H2,1-4H3,(H,25,26). The first-order valence-electron chi connectivity index (χ1n) is 9.47. The van der Waals surface area contributed by atoms with E-state index < -0.39 is 0 Å². The van der Waals surface area contributed by atoms with Crippen LogP contribution in [0.4, 0.5) is 5.69 Å². The average Bonchev–Trinajstić information content (AvgIpc) is 3.01. The summed E-state index contributed by atoms with van der Waals surface area (Å²) in [6.07, 6.45) is 0.965. The van der Waals surface area contributed by atoms with Gasteiger partial charge in [0.15, 0.2) is 0 Å². The molecule has 1 amide bonds. The topological polar surface area (TPSA) is 73.3 Å². The zero-order valence-corrected chi connectivity index (χ0v) is 16.5. The Kier molecular flexibility index (Phi) is 4.63. The Labute approximate surface area is 163 Å². The molecule has 28 heavy (non-hydrogen) atoms. The van der Waals surface area contributed by atoms with Crippen molar-refractivity contribution in [3.05, 3.63) is 52.8 Å². The molecule has 1 aliphatic heterocycles. The fraction of sp³-hybridized carbons (Fsp3) is 0.318. The van der Waals surface area contributed by atoms with Gasteiger partial charge in [-0.1, -0.05) is 0 Å². The monoisotopic (exact) mass is 377 g/mol. The van der Waals surface area contributed by atoms with Crippen LogP contribution in [0.1, 0.15) is 41.2 Å². The lowest BCUT2D eigenvalue weighted by atomic mass is 10.1. The van der Waals surface area contributed by atoms with E-state index in [9.17, 15) is 4.79 Å². The quantitative estimate of drug-likeness (QED) is 0.737. The third kappa shape index (κ3) is 3.38. The lowest BCUT2D eigenvalue weighted by Gasteiger charge is -2.14. The minimum atomic E-state index is -0.228. The van der Waals surface area contributed by atoms with Crippen LogP contribution in [0, 0.1) is 13.8 Å². The maximum absolute atomic E-state index is 12.9. The summed E-state index contributed by atoms with van der Waals surface area (Å²) in [5.41, 5.74) is 5.43. The Morgan fingerprint density at radius 3 is 2.68 bits per heavy atom. The molecule has 6 heteroatoms. The summed E-state index contributed by atoms with van der Waals surface area (Å²) in [6, 6.07) is 9.14. The summed E-state index contributed by atoms with van der Waals surface area (Å²) >= 11 is 0. The van der Waals surface area contributed by atoms with Crippen LogP contribution in [0.2, 0.25) is 0 Å². The minimum absolute atomic E-state index is 0.126. The zero-order chi connectivity index (χ0) is 19.8. The number of nitrogens with one attached hydrogen (secondary N) is 1. The van der Waals surface area contributed by atoms with E-state index in [4.69, 9.17) is 9.47 Å². The predicted octanol–water partition coefficient (Wildman–Crippen LogP) is 4.22. The van der Waals surface area contributed by atoms with Crippen molar-refractivity contribution in [3.8, 4) is 11.5 Å². The molecule has 1 N–H and O–H groups in total. The molecule has 0 saturated heterocycles. The maximum atomic E-state index is 12.9. The fourth-order valence-corrected chi connectivity index (χ4v) is 3.38. The fourth-order valence-electron chi connectivity index (χ4n) is 3.38. The van der Waals surface area contributed by atoms with Gasteiger partial charge in [0.2, 0.25) is 0 Å². The third-order valence-corrected chi connectivity index (χ3v) is 4.88. The SMILES string of the molecule is CCOc1cc2c(cc1NC(=O)c1ccc3nc(C)c(C)nc3c1)OC(C)C2. The second-order valence-corrected chi connectivity index (χ2v) is 7.07. The molecule has 1 atom stereocenters. The summed E-state index contributed by atoms with van der Waals surface area (Å²) in [5.74, 6) is 1.22. The molecule has 3 aromatic rings. The van der Waals surface area contributed by atoms with E-state index in [0.29, 0.717) is 29.1 Å². The first-order valence-corrected chi connectivity index (χ1v) is 9.47. The molecule has 0 fully saturated rings. The highest BCUT2D eigenvalue weighted by atomic mass is 16.5. The van der Waals surface area contributed by atoms with Gasteiger partial charge in [0.25, 0.3) is 5.91 Å². The van der Waals surface area contributed by atoms with Crippen molar-refractivity contribution in [2.45, 2.75) is 40.2 Å². The first-order chi connectivity index (χ1) is 13.4. The molecular formula is C22H23N3O3. The number of nitrogens with zero attached hydrogens (tertiary/aromatic N) is 2. The van der Waals surface area contributed by atoms with E-state index in [1.165, 1.54) is 0 Å². The van der Waals surface area contributed by atoms with Crippen molar-refractivity contribution >= 4 is 22.6 Å². The van der Waals surface area contributed by atoms with Gasteiger partial charge in [-0.2, -0.15) is 0 Å². The second kappa shape index (κ2) is 7.11. The molecule has 0 spiro atoms. The van der Waals surface area contributed by atoms with Crippen LogP contribution in [0.5, 0.6) is 11.5 Å². The largest absolute Gasteiger partial charge is 0.492 e. The van der Waals surface area contributed by atoms with Gasteiger partial charge < -0.3 is 14.8 Å². The lowest BCUT2D eigenvalue weighted by molar-refractivity contribution is 0.102. The van der Waals surface area contributed by atoms with Crippen molar-refractivity contribution in [1.82, 2.24) is 9.97 Å². The number of aromatic nitrogens is 2. The number of ether oxygens (including phenoxy) is 2. The number of carbonyl (C=O) groups excluding carboxylic acids is 1. The minimum Gasteiger partial charge on any atom is -0.492 e. The second-order valence-electron chi connectivity index (χ2n) is 7.07. The molecule has 6 nitrogen and oxygen atoms in total. The number of hydrogen-bond acceptors (Lipinski definition) is 5. The molecular weight excluding hydrogens is 354 g/mol. The molecule has 1 aromatic heterocycles. The summed E-state index contributed by atoms with van der Waals surface area (Å²) in [6.45, 7) is 8.30. The smallest absolute Gasteiger partial charge is 0.255 e. The molecule has 1 unspecified atom stereocenters. The summed E-state index contributed by atoms with van der Waals surface area (Å²) in [7, 11) is 0. The van der Waals surface area contributed by atoms with Gasteiger partial charge in [0, 0.05) is 23.6 Å². The van der Waals surface area contributed by atoms with Crippen LogP contribution >= 0.6 is 0 Å². The highest BCUT2D eigenvalue weighted by Gasteiger charge is 2.23. The number of aryl methyl sites for hydroxylation is 2. The van der Waals surface area contributed by atoms with Gasteiger partial charge >= 0.3 is 0 Å². The summed E-state index contributed by atoms with van der Waals surface area (Å²) in [4.78, 5) is 21.9. The van der Waals surface area contributed by atoms with Gasteiger partial charge in [0.05, 0.1) is 34.7 Å². The molecule has 1 aliphatic rings. The summed E-state index contributed by atoms with van der Waals surface area (Å²) in [5, 5.41) is 2.95. The Balaban J connectivity index is 1.65. The zero-order valence-electron chi connectivity index (χ0n) is 16.5. The predicted molar refractivity (Wildman–Crippen MR) is 108 cm³/mol. The van der Waals surface area contributed by atoms with Crippen molar-refractivity contribution in [2.24, 2.45) is 0 Å². The molecule has 2 heterocycles. The third-order valence-electron chi connectivity index (χ3n) is 4.88. The van der Waals surface area contributed by atoms with Gasteiger partial charge in [-0.25, -0.2) is 9.97 Å². The number of benzene rings is 2. The van der Waals surface area contributed by atoms with E-state index in [-0.39, 0.29) is 12.0 Å². The van der Waals surface area contributed by atoms with E-state index in [1.807, 2.05) is 45.9 Å². The normalized spacial score (nSPS) is 15.2. The average molecular weight is 377 g/mol. The molecule has 0 bridgehead atoms. The van der Waals surface area contributed by atoms with Crippen molar-refractivity contribution in [3.63, 3.8) is 0 Å². The van der Waals surface area contributed by atoms with E-state index in [1.54, 1.807) is 12.1 Å². The van der Waals surface area contributed by atoms with Gasteiger partial charge in [0.1, 0.15) is 17.6 Å². The highest BCUT2D eigenvalue weighted by Crippen LogP contribution is 2.38. The van der Waals surface area contributed by atoms with Crippen LogP contribution in [-0.2, 0) is 6.42 Å². The number of fused-ring (bicyclic) bond motifs is 2. The lowest BCUT2D eigenvalue weighted by Crippen LogP contribution is -2.13. The number of hydrogen-bond donors (Lipinski definition) is 1. The number of carbonyl (C=O) groups is 1. The Bertz CT molecular complexity index is 1080. The number of rotatable bonds is 4. The molecule has 144 valence electrons. The Morgan fingerprint density at radius 2 is 1.93 bits per heavy atom. The molecule has 0 radical (unpaired) electrons. The first kappa shape index (κ1) is 18.2. The summed E-state index contributed by atoms with van der Waals surface area (Å²) < 4.78 is 11.6. The van der Waals surface area contributed by atoms with Gasteiger partial charge in [-0.05, 0) is 52.0 Å². The van der Waals surface area contributed by atoms with Crippen LogP contribution in [-0.4, -0.2) is 28.6 Å². The highest BCUT2D eigenvalue weighted by molar-refractivity contribution is 6.06. The van der Waals surface area contributed by atoms with Crippen molar-refractivity contribution in [1.29, 1.82) is 0 Å². The van der Waals surface area contributed by atoms with E-state index in [2.05, 4.69) is 15.3 Å². The molecule has 4 rings (SSSR count). The van der Waals surface area contributed by atoms with Crippen molar-refractivity contribution < 1.29 is 14.3 Å². The number of anilines is 1. The van der Waals surface area contributed by atoms with E-state index in [0.717, 1.165) is 34.6 Å². The molecule has 0 saturated carbocycles. The molecule has 0 aliphatic carbocycles.